The molecule has 0 rings (SSSR count). The Morgan fingerprint density at radius 1 is 0.591 bits per heavy atom. The van der Waals surface area contributed by atoms with Gasteiger partial charge in [0.2, 0.25) is 0 Å². The molecule has 0 saturated carbocycles. The molecule has 0 saturated heterocycles. The van der Waals surface area contributed by atoms with Gasteiger partial charge in [-0.15, -0.1) is 0 Å². The highest BCUT2D eigenvalue weighted by Gasteiger charge is 1.95. The number of carbonyl (C=O) groups is 1. The number of hydrogen-bond acceptors (Lipinski definition) is 8. The Balaban J connectivity index is 2.95. The van der Waals surface area contributed by atoms with Crippen molar-refractivity contribution in [3.8, 4) is 0 Å². The molecule has 0 aliphatic carbocycles. The summed E-state index contributed by atoms with van der Waals surface area (Å²) in [6, 6.07) is 0. The zero-order valence-electron chi connectivity index (χ0n) is 13.0. The molecule has 0 aromatic rings. The highest BCUT2D eigenvalue weighted by molar-refractivity contribution is 5.64. The van der Waals surface area contributed by atoms with Crippen molar-refractivity contribution in [3.05, 3.63) is 0 Å². The number of carbonyl (C=O) groups excluding carboxylic acids is 1. The number of nitrogens with two attached hydrogens (primary N) is 2. The van der Waals surface area contributed by atoms with E-state index in [2.05, 4.69) is 4.74 Å². The van der Waals surface area contributed by atoms with Crippen LogP contribution < -0.4 is 11.5 Å². The molecule has 1 amide bonds. The second kappa shape index (κ2) is 18.1. The van der Waals surface area contributed by atoms with Gasteiger partial charge < -0.3 is 39.9 Å². The minimum absolute atomic E-state index is 0.149. The third-order valence-corrected chi connectivity index (χ3v) is 2.22. The maximum Gasteiger partial charge on any atom is 0.404 e. The first-order valence-corrected chi connectivity index (χ1v) is 7.28. The van der Waals surface area contributed by atoms with Crippen LogP contribution in [0.2, 0.25) is 0 Å². The summed E-state index contributed by atoms with van der Waals surface area (Å²) in [5, 5.41) is 0. The standard InChI is InChI=1S/C13H28N2O7/c14-1-2-17-3-4-18-5-6-19-7-8-20-9-10-21-11-12-22-13(15)16/h1-12,14H2,(H2,15,16). The van der Waals surface area contributed by atoms with Gasteiger partial charge >= 0.3 is 6.09 Å². The van der Waals surface area contributed by atoms with Crippen LogP contribution in [0.15, 0.2) is 0 Å². The van der Waals surface area contributed by atoms with Gasteiger partial charge in [0.05, 0.1) is 66.1 Å². The van der Waals surface area contributed by atoms with Crippen LogP contribution in [0.1, 0.15) is 0 Å². The summed E-state index contributed by atoms with van der Waals surface area (Å²) in [4.78, 5) is 10.2. The average molecular weight is 324 g/mol. The van der Waals surface area contributed by atoms with Crippen LogP contribution in [-0.4, -0.2) is 85.3 Å². The van der Waals surface area contributed by atoms with Crippen LogP contribution in [0.25, 0.3) is 0 Å². The lowest BCUT2D eigenvalue weighted by atomic mass is 10.6. The molecule has 9 nitrogen and oxygen atoms in total. The number of primary amides is 1. The lowest BCUT2D eigenvalue weighted by molar-refractivity contribution is -0.0132. The monoisotopic (exact) mass is 324 g/mol. The molecule has 0 bridgehead atoms. The lowest BCUT2D eigenvalue weighted by Gasteiger charge is -2.07. The van der Waals surface area contributed by atoms with Crippen LogP contribution in [-0.2, 0) is 28.4 Å². The minimum atomic E-state index is -0.802. The van der Waals surface area contributed by atoms with Crippen LogP contribution in [0.5, 0.6) is 0 Å². The zero-order chi connectivity index (χ0) is 16.3. The van der Waals surface area contributed by atoms with Gasteiger partial charge in [0, 0.05) is 6.54 Å². The van der Waals surface area contributed by atoms with Gasteiger partial charge in [-0.3, -0.25) is 0 Å². The molecule has 0 aliphatic rings. The largest absolute Gasteiger partial charge is 0.447 e. The summed E-state index contributed by atoms with van der Waals surface area (Å²) in [5.41, 5.74) is 10.1. The molecule has 0 aromatic carbocycles. The SMILES string of the molecule is NCCOCCOCCOCCOCCOCCOC(N)=O. The third-order valence-electron chi connectivity index (χ3n) is 2.22. The highest BCUT2D eigenvalue weighted by atomic mass is 16.6. The summed E-state index contributed by atoms with van der Waals surface area (Å²) in [5.74, 6) is 0. The Bertz CT molecular complexity index is 244. The Morgan fingerprint density at radius 2 is 0.909 bits per heavy atom. The van der Waals surface area contributed by atoms with E-state index in [0.29, 0.717) is 72.6 Å². The Labute approximate surface area is 131 Å². The van der Waals surface area contributed by atoms with E-state index in [9.17, 15) is 4.79 Å². The Hall–Kier alpha value is -0.970. The summed E-state index contributed by atoms with van der Waals surface area (Å²) < 4.78 is 30.7. The normalized spacial score (nSPS) is 10.8. The average Bonchev–Trinajstić information content (AvgIpc) is 2.50. The first-order valence-electron chi connectivity index (χ1n) is 7.28. The van der Waals surface area contributed by atoms with E-state index in [1.165, 1.54) is 0 Å². The van der Waals surface area contributed by atoms with Gasteiger partial charge in [-0.1, -0.05) is 0 Å². The van der Waals surface area contributed by atoms with E-state index in [1.54, 1.807) is 0 Å². The van der Waals surface area contributed by atoms with Crippen molar-refractivity contribution in [1.82, 2.24) is 0 Å². The molecule has 0 unspecified atom stereocenters. The van der Waals surface area contributed by atoms with Crippen molar-refractivity contribution in [1.29, 1.82) is 0 Å². The van der Waals surface area contributed by atoms with Crippen molar-refractivity contribution < 1.29 is 33.2 Å². The Kier molecular flexibility index (Phi) is 17.3. The number of hydrogen-bond donors (Lipinski definition) is 2. The summed E-state index contributed by atoms with van der Waals surface area (Å²) in [6.07, 6.45) is -0.802. The number of rotatable bonds is 17. The Morgan fingerprint density at radius 3 is 1.23 bits per heavy atom. The van der Waals surface area contributed by atoms with E-state index in [-0.39, 0.29) is 6.61 Å². The smallest absolute Gasteiger partial charge is 0.404 e. The summed E-state index contributed by atoms with van der Waals surface area (Å²) in [6.45, 7) is 5.51. The highest BCUT2D eigenvalue weighted by Crippen LogP contribution is 1.84. The lowest BCUT2D eigenvalue weighted by Crippen LogP contribution is -2.17. The van der Waals surface area contributed by atoms with E-state index in [4.69, 9.17) is 35.2 Å². The first-order chi connectivity index (χ1) is 10.8. The second-order valence-electron chi connectivity index (χ2n) is 4.02. The minimum Gasteiger partial charge on any atom is -0.447 e. The van der Waals surface area contributed by atoms with E-state index < -0.39 is 6.09 Å². The van der Waals surface area contributed by atoms with E-state index >= 15 is 0 Å². The molecule has 9 heteroatoms. The summed E-state index contributed by atoms with van der Waals surface area (Å²) >= 11 is 0. The molecule has 0 atom stereocenters. The molecule has 0 spiro atoms. The summed E-state index contributed by atoms with van der Waals surface area (Å²) in [7, 11) is 0. The third kappa shape index (κ3) is 19.0. The maximum atomic E-state index is 10.2. The van der Waals surface area contributed by atoms with Gasteiger partial charge in [0.1, 0.15) is 6.61 Å². The van der Waals surface area contributed by atoms with Crippen molar-refractivity contribution in [2.45, 2.75) is 0 Å². The fourth-order valence-corrected chi connectivity index (χ4v) is 1.27. The molecule has 0 heterocycles. The quantitative estimate of drug-likeness (QED) is 0.331. The number of ether oxygens (including phenoxy) is 6. The predicted molar refractivity (Wildman–Crippen MR) is 78.7 cm³/mol. The molecule has 0 aromatic heterocycles. The fourth-order valence-electron chi connectivity index (χ4n) is 1.27. The van der Waals surface area contributed by atoms with Crippen LogP contribution in [0.4, 0.5) is 4.79 Å². The van der Waals surface area contributed by atoms with Crippen LogP contribution >= 0.6 is 0 Å². The van der Waals surface area contributed by atoms with Gasteiger partial charge in [-0.25, -0.2) is 4.79 Å². The maximum absolute atomic E-state index is 10.2. The molecular weight excluding hydrogens is 296 g/mol. The topological polar surface area (TPSA) is 124 Å². The molecule has 4 N–H and O–H groups in total. The van der Waals surface area contributed by atoms with Crippen molar-refractivity contribution >= 4 is 6.09 Å². The van der Waals surface area contributed by atoms with Gasteiger partial charge in [0.25, 0.3) is 0 Å². The van der Waals surface area contributed by atoms with Crippen molar-refractivity contribution in [3.63, 3.8) is 0 Å². The number of amides is 1. The van der Waals surface area contributed by atoms with Crippen molar-refractivity contribution in [2.24, 2.45) is 11.5 Å². The van der Waals surface area contributed by atoms with Crippen LogP contribution in [0.3, 0.4) is 0 Å². The molecule has 0 fully saturated rings. The van der Waals surface area contributed by atoms with Gasteiger partial charge in [0.15, 0.2) is 0 Å². The molecule has 0 aliphatic heterocycles. The predicted octanol–water partition coefficient (Wildman–Crippen LogP) is -0.877. The fraction of sp³-hybridized carbons (Fsp3) is 0.923. The molecular formula is C13H28N2O7. The van der Waals surface area contributed by atoms with Crippen LogP contribution in [0, 0.1) is 0 Å². The second-order valence-corrected chi connectivity index (χ2v) is 4.02. The zero-order valence-corrected chi connectivity index (χ0v) is 13.0. The van der Waals surface area contributed by atoms with E-state index in [1.807, 2.05) is 0 Å². The molecule has 132 valence electrons. The molecule has 0 radical (unpaired) electrons. The van der Waals surface area contributed by atoms with Gasteiger partial charge in [-0.05, 0) is 0 Å². The first kappa shape index (κ1) is 21.0. The molecule has 22 heavy (non-hydrogen) atoms. The van der Waals surface area contributed by atoms with Crippen molar-refractivity contribution in [2.75, 3.05) is 79.2 Å². The van der Waals surface area contributed by atoms with Gasteiger partial charge in [-0.2, -0.15) is 0 Å². The van der Waals surface area contributed by atoms with E-state index in [0.717, 1.165) is 0 Å².